The van der Waals surface area contributed by atoms with Crippen LogP contribution in [0.2, 0.25) is 0 Å². The van der Waals surface area contributed by atoms with E-state index in [-0.39, 0.29) is 17.2 Å². The molecule has 0 atom stereocenters. The molecule has 2 aromatic carbocycles. The number of hydrogen-bond donors (Lipinski definition) is 0. The Balaban J connectivity index is 1.98. The molecule has 0 saturated carbocycles. The molecular weight excluding hydrogens is 440 g/mol. The van der Waals surface area contributed by atoms with Crippen molar-refractivity contribution in [2.75, 3.05) is 25.7 Å². The predicted octanol–water partition coefficient (Wildman–Crippen LogP) is 3.53. The molecule has 0 aliphatic heterocycles. The van der Waals surface area contributed by atoms with Crippen LogP contribution in [0.15, 0.2) is 57.2 Å². The summed E-state index contributed by atoms with van der Waals surface area (Å²) in [5.41, 5.74) is 1.74. The van der Waals surface area contributed by atoms with Gasteiger partial charge < -0.3 is 9.30 Å². The third-order valence-corrected chi connectivity index (χ3v) is 7.38. The van der Waals surface area contributed by atoms with Crippen molar-refractivity contribution in [2.24, 2.45) is 4.99 Å². The molecule has 1 heterocycles. The number of amides is 1. The quantitative estimate of drug-likeness (QED) is 0.376. The molecule has 9 heteroatoms. The minimum atomic E-state index is -3.31. The lowest BCUT2D eigenvalue weighted by Crippen LogP contribution is -2.20. The van der Waals surface area contributed by atoms with E-state index in [1.807, 2.05) is 42.0 Å². The smallest absolute Gasteiger partial charge is 0.252 e. The molecule has 0 unspecified atom stereocenters. The predicted molar refractivity (Wildman–Crippen MR) is 122 cm³/mol. The summed E-state index contributed by atoms with van der Waals surface area (Å²) in [7, 11) is -3.31. The van der Waals surface area contributed by atoms with Crippen LogP contribution in [0.5, 0.6) is 0 Å². The van der Waals surface area contributed by atoms with Gasteiger partial charge in [-0.3, -0.25) is 4.79 Å². The molecule has 1 aromatic heterocycles. The second-order valence-electron chi connectivity index (χ2n) is 6.67. The minimum Gasteiger partial charge on any atom is -0.380 e. The number of benzene rings is 2. The number of hydrogen-bond acceptors (Lipinski definition) is 6. The summed E-state index contributed by atoms with van der Waals surface area (Å²) < 4.78 is 32.0. The zero-order valence-electron chi connectivity index (χ0n) is 17.1. The van der Waals surface area contributed by atoms with Gasteiger partial charge in [0.25, 0.3) is 5.91 Å². The topological polar surface area (TPSA) is 77.7 Å². The molecule has 0 fully saturated rings. The summed E-state index contributed by atoms with van der Waals surface area (Å²) in [4.78, 5) is 18.9. The number of rotatable bonds is 8. The first-order valence-corrected chi connectivity index (χ1v) is 13.4. The van der Waals surface area contributed by atoms with Crippen molar-refractivity contribution in [3.05, 3.63) is 52.8 Å². The van der Waals surface area contributed by atoms with Gasteiger partial charge >= 0.3 is 0 Å². The Hall–Kier alpha value is -1.94. The van der Waals surface area contributed by atoms with Gasteiger partial charge in [-0.2, -0.15) is 4.99 Å². The molecule has 30 heavy (non-hydrogen) atoms. The molecule has 0 saturated heterocycles. The average molecular weight is 465 g/mol. The Labute approximate surface area is 184 Å². The maximum absolute atomic E-state index is 12.6. The highest BCUT2D eigenvalue weighted by Crippen LogP contribution is 2.22. The Bertz CT molecular complexity index is 1210. The fourth-order valence-corrected chi connectivity index (χ4v) is 5.19. The lowest BCUT2D eigenvalue weighted by Gasteiger charge is -2.06. The number of fused-ring (bicyclic) bond motifs is 1. The normalized spacial score (nSPS) is 12.6. The van der Waals surface area contributed by atoms with Crippen LogP contribution in [-0.4, -0.2) is 44.6 Å². The maximum atomic E-state index is 12.6. The highest BCUT2D eigenvalue weighted by Gasteiger charge is 2.13. The standard InChI is InChI=1S/C21H24N2O4S3/c1-4-27-12-11-23-18-10-9-17(30(3,25)26)14-19(18)29-21(23)22-20(24)13-15-5-7-16(28-2)8-6-15/h5-10,14H,4,11-13H2,1-3H3. The van der Waals surface area contributed by atoms with Crippen LogP contribution >= 0.6 is 23.1 Å². The third-order valence-electron chi connectivity index (χ3n) is 4.48. The van der Waals surface area contributed by atoms with Gasteiger partial charge in [-0.25, -0.2) is 8.42 Å². The molecule has 6 nitrogen and oxygen atoms in total. The SMILES string of the molecule is CCOCCn1c(=NC(=O)Cc2ccc(SC)cc2)sc2cc(S(C)(=O)=O)ccc21. The molecule has 3 aromatic rings. The molecule has 0 aliphatic rings. The molecule has 0 aliphatic carbocycles. The van der Waals surface area contributed by atoms with Gasteiger partial charge in [0.15, 0.2) is 14.6 Å². The van der Waals surface area contributed by atoms with E-state index < -0.39 is 9.84 Å². The Morgan fingerprint density at radius 1 is 1.20 bits per heavy atom. The van der Waals surface area contributed by atoms with E-state index >= 15 is 0 Å². The van der Waals surface area contributed by atoms with Crippen LogP contribution in [0.25, 0.3) is 10.2 Å². The molecule has 0 N–H and O–H groups in total. The van der Waals surface area contributed by atoms with Crippen molar-refractivity contribution in [1.82, 2.24) is 4.57 Å². The van der Waals surface area contributed by atoms with E-state index in [0.29, 0.717) is 24.6 Å². The van der Waals surface area contributed by atoms with E-state index in [4.69, 9.17) is 4.74 Å². The number of thioether (sulfide) groups is 1. The van der Waals surface area contributed by atoms with Crippen molar-refractivity contribution in [3.63, 3.8) is 0 Å². The van der Waals surface area contributed by atoms with Crippen molar-refractivity contribution in [3.8, 4) is 0 Å². The highest BCUT2D eigenvalue weighted by molar-refractivity contribution is 7.98. The highest BCUT2D eigenvalue weighted by atomic mass is 32.2. The minimum absolute atomic E-state index is 0.211. The largest absolute Gasteiger partial charge is 0.380 e. The van der Waals surface area contributed by atoms with Crippen LogP contribution in [0.4, 0.5) is 0 Å². The van der Waals surface area contributed by atoms with Gasteiger partial charge in [-0.15, -0.1) is 11.8 Å². The van der Waals surface area contributed by atoms with E-state index in [9.17, 15) is 13.2 Å². The third kappa shape index (κ3) is 5.60. The summed E-state index contributed by atoms with van der Waals surface area (Å²) in [6.07, 6.45) is 3.40. The number of carbonyl (C=O) groups excluding carboxylic acids is 1. The molecule has 3 rings (SSSR count). The summed E-state index contributed by atoms with van der Waals surface area (Å²) in [6, 6.07) is 12.8. The number of ether oxygens (including phenoxy) is 1. The maximum Gasteiger partial charge on any atom is 0.252 e. The average Bonchev–Trinajstić information content (AvgIpc) is 3.04. The number of aromatic nitrogens is 1. The summed E-state index contributed by atoms with van der Waals surface area (Å²) in [5, 5.41) is 0. The van der Waals surface area contributed by atoms with E-state index in [1.165, 1.54) is 17.6 Å². The van der Waals surface area contributed by atoms with Gasteiger partial charge in [0, 0.05) is 24.3 Å². The fourth-order valence-electron chi connectivity index (χ4n) is 2.95. The monoisotopic (exact) mass is 464 g/mol. The molecule has 0 radical (unpaired) electrons. The fraction of sp³-hybridized carbons (Fsp3) is 0.333. The first-order valence-electron chi connectivity index (χ1n) is 9.43. The summed E-state index contributed by atoms with van der Waals surface area (Å²) in [5.74, 6) is -0.244. The second-order valence-corrected chi connectivity index (χ2v) is 10.6. The number of sulfone groups is 1. The first kappa shape index (κ1) is 22.7. The van der Waals surface area contributed by atoms with Gasteiger partial charge in [0.05, 0.1) is 28.1 Å². The number of carbonyl (C=O) groups is 1. The van der Waals surface area contributed by atoms with Gasteiger partial charge in [-0.05, 0) is 49.1 Å². The van der Waals surface area contributed by atoms with Crippen molar-refractivity contribution >= 4 is 49.1 Å². The van der Waals surface area contributed by atoms with Crippen LogP contribution in [0, 0.1) is 0 Å². The van der Waals surface area contributed by atoms with Crippen molar-refractivity contribution in [2.45, 2.75) is 29.7 Å². The Kier molecular flexibility index (Phi) is 7.51. The second kappa shape index (κ2) is 9.91. The zero-order chi connectivity index (χ0) is 21.7. The van der Waals surface area contributed by atoms with E-state index in [2.05, 4.69) is 4.99 Å². The number of nitrogens with zero attached hydrogens (tertiary/aromatic N) is 2. The molecular formula is C21H24N2O4S3. The Morgan fingerprint density at radius 2 is 1.93 bits per heavy atom. The van der Waals surface area contributed by atoms with Crippen LogP contribution < -0.4 is 4.80 Å². The molecule has 0 bridgehead atoms. The lowest BCUT2D eigenvalue weighted by atomic mass is 10.1. The van der Waals surface area contributed by atoms with Crippen LogP contribution in [0.3, 0.4) is 0 Å². The molecule has 1 amide bonds. The van der Waals surface area contributed by atoms with Gasteiger partial charge in [0.2, 0.25) is 0 Å². The van der Waals surface area contributed by atoms with Gasteiger partial charge in [0.1, 0.15) is 0 Å². The molecule has 0 spiro atoms. The summed E-state index contributed by atoms with van der Waals surface area (Å²) >= 11 is 2.96. The van der Waals surface area contributed by atoms with E-state index in [1.54, 1.807) is 30.0 Å². The Morgan fingerprint density at radius 3 is 2.57 bits per heavy atom. The lowest BCUT2D eigenvalue weighted by molar-refractivity contribution is -0.117. The van der Waals surface area contributed by atoms with Crippen molar-refractivity contribution < 1.29 is 17.9 Å². The molecule has 160 valence electrons. The van der Waals surface area contributed by atoms with Crippen LogP contribution in [-0.2, 0) is 32.3 Å². The first-order chi connectivity index (χ1) is 14.3. The van der Waals surface area contributed by atoms with Crippen LogP contribution in [0.1, 0.15) is 12.5 Å². The van der Waals surface area contributed by atoms with Crippen molar-refractivity contribution in [1.29, 1.82) is 0 Å². The number of thiazole rings is 1. The van der Waals surface area contributed by atoms with E-state index in [0.717, 1.165) is 20.7 Å². The van der Waals surface area contributed by atoms with Gasteiger partial charge in [-0.1, -0.05) is 23.5 Å². The summed E-state index contributed by atoms with van der Waals surface area (Å²) in [6.45, 7) is 3.53. The zero-order valence-corrected chi connectivity index (χ0v) is 19.6.